The van der Waals surface area contributed by atoms with Crippen LogP contribution in [0.1, 0.15) is 43.6 Å². The van der Waals surface area contributed by atoms with Gasteiger partial charge in [-0.3, -0.25) is 4.79 Å². The van der Waals surface area contributed by atoms with Crippen molar-refractivity contribution >= 4 is 11.6 Å². The van der Waals surface area contributed by atoms with Crippen LogP contribution in [-0.2, 0) is 4.79 Å². The summed E-state index contributed by atoms with van der Waals surface area (Å²) in [5.41, 5.74) is 1.56. The van der Waals surface area contributed by atoms with E-state index in [-0.39, 0.29) is 29.3 Å². The zero-order valence-corrected chi connectivity index (χ0v) is 15.1. The van der Waals surface area contributed by atoms with Crippen molar-refractivity contribution in [3.05, 3.63) is 59.9 Å². The highest BCUT2D eigenvalue weighted by Crippen LogP contribution is 2.38. The molecule has 2 aromatic carbocycles. The molecule has 150 valence electrons. The number of alkyl halides is 3. The third-order valence-electron chi connectivity index (χ3n) is 5.03. The zero-order valence-electron chi connectivity index (χ0n) is 15.1. The minimum Gasteiger partial charge on any atom is -0.406 e. The SMILES string of the molecule is O=C(C[C@H]1CC[C@H](c2ccc(OC(F)(F)F)cc2)CC1)Nc1ccc(F)cc1. The van der Waals surface area contributed by atoms with E-state index in [1.165, 1.54) is 36.4 Å². The van der Waals surface area contributed by atoms with Gasteiger partial charge >= 0.3 is 6.36 Å². The Balaban J connectivity index is 1.46. The maximum atomic E-state index is 12.9. The number of amides is 1. The zero-order chi connectivity index (χ0) is 20.1. The van der Waals surface area contributed by atoms with E-state index in [0.717, 1.165) is 31.2 Å². The Bertz CT molecular complexity index is 780. The van der Waals surface area contributed by atoms with Gasteiger partial charge in [-0.15, -0.1) is 13.2 Å². The van der Waals surface area contributed by atoms with Crippen molar-refractivity contribution < 1.29 is 27.1 Å². The van der Waals surface area contributed by atoms with Gasteiger partial charge in [0.25, 0.3) is 0 Å². The molecule has 0 spiro atoms. The molecule has 2 aromatic rings. The topological polar surface area (TPSA) is 38.3 Å². The number of ether oxygens (including phenoxy) is 1. The summed E-state index contributed by atoms with van der Waals surface area (Å²) in [5, 5.41) is 2.77. The summed E-state index contributed by atoms with van der Waals surface area (Å²) in [6.45, 7) is 0. The molecule has 1 N–H and O–H groups in total. The maximum absolute atomic E-state index is 12.9. The lowest BCUT2D eigenvalue weighted by molar-refractivity contribution is -0.274. The second kappa shape index (κ2) is 8.63. The second-order valence-electron chi connectivity index (χ2n) is 7.09. The Morgan fingerprint density at radius 2 is 1.57 bits per heavy atom. The molecule has 0 unspecified atom stereocenters. The number of nitrogens with one attached hydrogen (secondary N) is 1. The monoisotopic (exact) mass is 395 g/mol. The summed E-state index contributed by atoms with van der Waals surface area (Å²) in [7, 11) is 0. The lowest BCUT2D eigenvalue weighted by Crippen LogP contribution is -2.20. The van der Waals surface area contributed by atoms with E-state index in [1.807, 2.05) is 0 Å². The molecule has 3 nitrogen and oxygen atoms in total. The van der Waals surface area contributed by atoms with Crippen LogP contribution >= 0.6 is 0 Å². The molecule has 1 amide bonds. The minimum absolute atomic E-state index is 0.0938. The van der Waals surface area contributed by atoms with Crippen LogP contribution < -0.4 is 10.1 Å². The Morgan fingerprint density at radius 1 is 0.964 bits per heavy atom. The van der Waals surface area contributed by atoms with Crippen LogP contribution in [0.3, 0.4) is 0 Å². The first-order chi connectivity index (χ1) is 13.3. The van der Waals surface area contributed by atoms with E-state index in [0.29, 0.717) is 12.1 Å². The van der Waals surface area contributed by atoms with Gasteiger partial charge in [-0.25, -0.2) is 4.39 Å². The van der Waals surface area contributed by atoms with Gasteiger partial charge in [0.1, 0.15) is 11.6 Å². The Labute approximate surface area is 160 Å². The summed E-state index contributed by atoms with van der Waals surface area (Å²) in [6.07, 6.45) is -0.761. The van der Waals surface area contributed by atoms with E-state index >= 15 is 0 Å². The van der Waals surface area contributed by atoms with Crippen LogP contribution in [0.5, 0.6) is 5.75 Å². The first-order valence-electron chi connectivity index (χ1n) is 9.19. The van der Waals surface area contributed by atoms with Gasteiger partial charge in [0.2, 0.25) is 5.91 Å². The largest absolute Gasteiger partial charge is 0.573 e. The highest BCUT2D eigenvalue weighted by atomic mass is 19.4. The van der Waals surface area contributed by atoms with E-state index in [9.17, 15) is 22.4 Å². The van der Waals surface area contributed by atoms with Crippen molar-refractivity contribution in [2.24, 2.45) is 5.92 Å². The Kier molecular flexibility index (Phi) is 6.21. The highest BCUT2D eigenvalue weighted by Gasteiger charge is 2.31. The molecule has 0 heterocycles. The predicted octanol–water partition coefficient (Wildman–Crippen LogP) is 6.03. The van der Waals surface area contributed by atoms with Gasteiger partial charge in [-0.2, -0.15) is 0 Å². The Morgan fingerprint density at radius 3 is 2.14 bits per heavy atom. The molecule has 1 aliphatic rings. The average Bonchev–Trinajstić information content (AvgIpc) is 2.64. The summed E-state index contributed by atoms with van der Waals surface area (Å²) in [6, 6.07) is 11.7. The quantitative estimate of drug-likeness (QED) is 0.628. The highest BCUT2D eigenvalue weighted by molar-refractivity contribution is 5.90. The van der Waals surface area contributed by atoms with Crippen LogP contribution in [0, 0.1) is 11.7 Å². The molecule has 0 atom stereocenters. The molecule has 1 aliphatic carbocycles. The standard InChI is InChI=1S/C21H21F4NO2/c22-17-7-9-18(10-8-17)26-20(27)13-14-1-3-15(4-2-14)16-5-11-19(12-6-16)28-21(23,24)25/h5-12,14-15H,1-4,13H2,(H,26,27)/t14-,15-. The lowest BCUT2D eigenvalue weighted by Gasteiger charge is -2.28. The van der Waals surface area contributed by atoms with Gasteiger partial charge in [-0.05, 0) is 79.5 Å². The molecular formula is C21H21F4NO2. The molecule has 28 heavy (non-hydrogen) atoms. The molecule has 1 saturated carbocycles. The number of hydrogen-bond acceptors (Lipinski definition) is 2. The van der Waals surface area contributed by atoms with Gasteiger partial charge in [0, 0.05) is 12.1 Å². The fourth-order valence-electron chi connectivity index (χ4n) is 3.65. The maximum Gasteiger partial charge on any atom is 0.573 e. The van der Waals surface area contributed by atoms with Gasteiger partial charge in [0.15, 0.2) is 0 Å². The number of anilines is 1. The van der Waals surface area contributed by atoms with Crippen LogP contribution in [-0.4, -0.2) is 12.3 Å². The molecule has 0 aliphatic heterocycles. The Hall–Kier alpha value is -2.57. The van der Waals surface area contributed by atoms with Gasteiger partial charge < -0.3 is 10.1 Å². The number of benzene rings is 2. The van der Waals surface area contributed by atoms with Gasteiger partial charge in [0.05, 0.1) is 0 Å². The average molecular weight is 395 g/mol. The van der Waals surface area contributed by atoms with Crippen LogP contribution in [0.2, 0.25) is 0 Å². The summed E-state index contributed by atoms with van der Waals surface area (Å²) in [4.78, 5) is 12.2. The molecule has 0 aromatic heterocycles. The summed E-state index contributed by atoms with van der Waals surface area (Å²) >= 11 is 0. The first-order valence-corrected chi connectivity index (χ1v) is 9.19. The number of rotatable bonds is 5. The van der Waals surface area contributed by atoms with Crippen molar-refractivity contribution in [3.8, 4) is 5.75 Å². The molecule has 0 radical (unpaired) electrons. The van der Waals surface area contributed by atoms with E-state index < -0.39 is 6.36 Å². The van der Waals surface area contributed by atoms with Gasteiger partial charge in [-0.1, -0.05) is 12.1 Å². The third kappa shape index (κ3) is 5.97. The van der Waals surface area contributed by atoms with Crippen LogP contribution in [0.25, 0.3) is 0 Å². The summed E-state index contributed by atoms with van der Waals surface area (Å²) in [5.74, 6) is -0.124. The fourth-order valence-corrected chi connectivity index (χ4v) is 3.65. The number of halogens is 4. The predicted molar refractivity (Wildman–Crippen MR) is 97.5 cm³/mol. The van der Waals surface area contributed by atoms with Crippen molar-refractivity contribution in [2.45, 2.75) is 44.4 Å². The molecular weight excluding hydrogens is 374 g/mol. The van der Waals surface area contributed by atoms with E-state index in [2.05, 4.69) is 10.1 Å². The lowest BCUT2D eigenvalue weighted by atomic mass is 9.77. The van der Waals surface area contributed by atoms with Crippen molar-refractivity contribution in [1.29, 1.82) is 0 Å². The summed E-state index contributed by atoms with van der Waals surface area (Å²) < 4.78 is 53.5. The van der Waals surface area contributed by atoms with Crippen molar-refractivity contribution in [1.82, 2.24) is 0 Å². The normalized spacial score (nSPS) is 19.9. The third-order valence-corrected chi connectivity index (χ3v) is 5.03. The van der Waals surface area contributed by atoms with Crippen molar-refractivity contribution in [3.63, 3.8) is 0 Å². The van der Waals surface area contributed by atoms with E-state index in [4.69, 9.17) is 0 Å². The fraction of sp³-hybridized carbons (Fsp3) is 0.381. The molecule has 3 rings (SSSR count). The van der Waals surface area contributed by atoms with Crippen molar-refractivity contribution in [2.75, 3.05) is 5.32 Å². The van der Waals surface area contributed by atoms with Crippen LogP contribution in [0.15, 0.2) is 48.5 Å². The minimum atomic E-state index is -4.69. The first kappa shape index (κ1) is 20.2. The molecule has 0 saturated heterocycles. The van der Waals surface area contributed by atoms with E-state index in [1.54, 1.807) is 12.1 Å². The molecule has 7 heteroatoms. The van der Waals surface area contributed by atoms with Crippen LogP contribution in [0.4, 0.5) is 23.2 Å². The number of carbonyl (C=O) groups is 1. The number of hydrogen-bond donors (Lipinski definition) is 1. The molecule has 1 fully saturated rings. The number of carbonyl (C=O) groups excluding carboxylic acids is 1. The smallest absolute Gasteiger partial charge is 0.406 e. The second-order valence-corrected chi connectivity index (χ2v) is 7.09. The molecule has 0 bridgehead atoms.